The van der Waals surface area contributed by atoms with Gasteiger partial charge < -0.3 is 5.32 Å². The maximum absolute atomic E-state index is 12.7. The predicted octanol–water partition coefficient (Wildman–Crippen LogP) is 3.94. The van der Waals surface area contributed by atoms with Crippen molar-refractivity contribution < 1.29 is 13.2 Å². The van der Waals surface area contributed by atoms with Gasteiger partial charge in [-0.1, -0.05) is 48.4 Å². The number of nitrogens with zero attached hydrogens (tertiary/aromatic N) is 1. The number of amides is 1. The quantitative estimate of drug-likeness (QED) is 0.622. The molecule has 1 amide bonds. The van der Waals surface area contributed by atoms with Crippen LogP contribution in [0.5, 0.6) is 0 Å². The standard InChI is InChI=1S/C21H27ClN2O3S/c1-4-20(24(28(3,26)27)19-12-10-18(22)11-13-19)21(25)23-14-6-9-17-8-5-7-16(2)15-17/h5,7-8,10-13,15,20H,4,6,9,14H2,1-3H3,(H,23,25)/t20-/m0/s1. The van der Waals surface area contributed by atoms with E-state index in [-0.39, 0.29) is 5.91 Å². The third-order valence-corrected chi connectivity index (χ3v) is 5.87. The molecule has 0 radical (unpaired) electrons. The van der Waals surface area contributed by atoms with E-state index in [1.54, 1.807) is 31.2 Å². The van der Waals surface area contributed by atoms with Crippen LogP contribution < -0.4 is 9.62 Å². The van der Waals surface area contributed by atoms with Crippen molar-refractivity contribution in [3.63, 3.8) is 0 Å². The van der Waals surface area contributed by atoms with Crippen molar-refractivity contribution >= 4 is 33.2 Å². The average molecular weight is 423 g/mol. The Morgan fingerprint density at radius 2 is 1.86 bits per heavy atom. The molecule has 2 aromatic carbocycles. The largest absolute Gasteiger partial charge is 0.354 e. The molecule has 2 aromatic rings. The highest BCUT2D eigenvalue weighted by Gasteiger charge is 2.31. The highest BCUT2D eigenvalue weighted by molar-refractivity contribution is 7.92. The van der Waals surface area contributed by atoms with Crippen LogP contribution in [0.3, 0.4) is 0 Å². The number of carbonyl (C=O) groups is 1. The Balaban J connectivity index is 2.04. The Hall–Kier alpha value is -2.05. The molecule has 0 aliphatic heterocycles. The van der Waals surface area contributed by atoms with Crippen LogP contribution >= 0.6 is 11.6 Å². The molecule has 1 N–H and O–H groups in total. The summed E-state index contributed by atoms with van der Waals surface area (Å²) < 4.78 is 25.9. The van der Waals surface area contributed by atoms with E-state index in [1.807, 2.05) is 19.1 Å². The maximum Gasteiger partial charge on any atom is 0.243 e. The Labute approximate surface area is 172 Å². The highest BCUT2D eigenvalue weighted by Crippen LogP contribution is 2.24. The Bertz CT molecular complexity index is 898. The molecule has 0 saturated carbocycles. The first-order chi connectivity index (χ1) is 13.2. The van der Waals surface area contributed by atoms with Crippen LogP contribution in [0.1, 0.15) is 30.9 Å². The fourth-order valence-corrected chi connectivity index (χ4v) is 4.48. The van der Waals surface area contributed by atoms with Crippen LogP contribution in [0.15, 0.2) is 48.5 Å². The van der Waals surface area contributed by atoms with Crippen LogP contribution in [-0.4, -0.2) is 33.2 Å². The second-order valence-electron chi connectivity index (χ2n) is 6.84. The normalized spacial score (nSPS) is 12.4. The first-order valence-electron chi connectivity index (χ1n) is 9.30. The summed E-state index contributed by atoms with van der Waals surface area (Å²) in [4.78, 5) is 12.7. The van der Waals surface area contributed by atoms with E-state index in [0.717, 1.165) is 19.1 Å². The van der Waals surface area contributed by atoms with Crippen LogP contribution in [0.25, 0.3) is 0 Å². The number of anilines is 1. The lowest BCUT2D eigenvalue weighted by Crippen LogP contribution is -2.49. The lowest BCUT2D eigenvalue weighted by Gasteiger charge is -2.30. The van der Waals surface area contributed by atoms with Crippen LogP contribution in [0.2, 0.25) is 5.02 Å². The lowest BCUT2D eigenvalue weighted by molar-refractivity contribution is -0.122. The summed E-state index contributed by atoms with van der Waals surface area (Å²) in [5.41, 5.74) is 2.85. The van der Waals surface area contributed by atoms with Crippen molar-refractivity contribution in [2.24, 2.45) is 0 Å². The zero-order valence-electron chi connectivity index (χ0n) is 16.5. The smallest absolute Gasteiger partial charge is 0.243 e. The lowest BCUT2D eigenvalue weighted by atomic mass is 10.1. The Morgan fingerprint density at radius 1 is 1.18 bits per heavy atom. The molecule has 0 fully saturated rings. The van der Waals surface area contributed by atoms with Gasteiger partial charge in [0.1, 0.15) is 6.04 Å². The second-order valence-corrected chi connectivity index (χ2v) is 9.14. The molecule has 0 spiro atoms. The molecule has 0 aliphatic carbocycles. The summed E-state index contributed by atoms with van der Waals surface area (Å²) in [6.07, 6.45) is 3.10. The molecular formula is C21H27ClN2O3S. The van der Waals surface area contributed by atoms with Gasteiger partial charge in [-0.05, 0) is 56.0 Å². The number of hydrogen-bond donors (Lipinski definition) is 1. The fourth-order valence-electron chi connectivity index (χ4n) is 3.14. The molecule has 0 saturated heterocycles. The molecular weight excluding hydrogens is 396 g/mol. The fraction of sp³-hybridized carbons (Fsp3) is 0.381. The van der Waals surface area contributed by atoms with Gasteiger partial charge in [0.15, 0.2) is 0 Å². The molecule has 7 heteroatoms. The molecule has 2 rings (SSSR count). The number of aryl methyl sites for hydroxylation is 2. The van der Waals surface area contributed by atoms with Gasteiger partial charge in [0.05, 0.1) is 11.9 Å². The second kappa shape index (κ2) is 9.94. The third kappa shape index (κ3) is 6.24. The number of nitrogens with one attached hydrogen (secondary N) is 1. The van der Waals surface area contributed by atoms with Crippen LogP contribution in [0.4, 0.5) is 5.69 Å². The topological polar surface area (TPSA) is 66.5 Å². The third-order valence-electron chi connectivity index (χ3n) is 4.43. The molecule has 0 heterocycles. The van der Waals surface area contributed by atoms with Crippen molar-refractivity contribution in [2.45, 2.75) is 39.2 Å². The van der Waals surface area contributed by atoms with E-state index in [4.69, 9.17) is 11.6 Å². The molecule has 0 aliphatic rings. The van der Waals surface area contributed by atoms with E-state index >= 15 is 0 Å². The first-order valence-corrected chi connectivity index (χ1v) is 11.5. The van der Waals surface area contributed by atoms with Gasteiger partial charge in [0.25, 0.3) is 0 Å². The summed E-state index contributed by atoms with van der Waals surface area (Å²) in [6.45, 7) is 4.33. The summed E-state index contributed by atoms with van der Waals surface area (Å²) >= 11 is 5.90. The summed E-state index contributed by atoms with van der Waals surface area (Å²) in [7, 11) is -3.64. The van der Waals surface area contributed by atoms with E-state index in [1.165, 1.54) is 15.4 Å². The SMILES string of the molecule is CC[C@@H](C(=O)NCCCc1cccc(C)c1)N(c1ccc(Cl)cc1)S(C)(=O)=O. The summed E-state index contributed by atoms with van der Waals surface area (Å²) in [5, 5.41) is 3.39. The van der Waals surface area contributed by atoms with Crippen LogP contribution in [0, 0.1) is 6.92 Å². The van der Waals surface area contributed by atoms with E-state index in [9.17, 15) is 13.2 Å². The van der Waals surface area contributed by atoms with Gasteiger partial charge in [0, 0.05) is 11.6 Å². The minimum Gasteiger partial charge on any atom is -0.354 e. The molecule has 28 heavy (non-hydrogen) atoms. The number of halogens is 1. The summed E-state index contributed by atoms with van der Waals surface area (Å²) in [6, 6.07) is 13.9. The van der Waals surface area contributed by atoms with E-state index < -0.39 is 16.1 Å². The molecule has 5 nitrogen and oxygen atoms in total. The van der Waals surface area contributed by atoms with Crippen molar-refractivity contribution in [3.8, 4) is 0 Å². The minimum absolute atomic E-state index is 0.299. The monoisotopic (exact) mass is 422 g/mol. The average Bonchev–Trinajstić information content (AvgIpc) is 2.63. The first kappa shape index (κ1) is 22.2. The predicted molar refractivity (Wildman–Crippen MR) is 115 cm³/mol. The number of sulfonamides is 1. The van der Waals surface area contributed by atoms with Crippen molar-refractivity contribution in [2.75, 3.05) is 17.1 Å². The minimum atomic E-state index is -3.64. The van der Waals surface area contributed by atoms with Crippen molar-refractivity contribution in [1.82, 2.24) is 5.32 Å². The van der Waals surface area contributed by atoms with E-state index in [0.29, 0.717) is 23.7 Å². The van der Waals surface area contributed by atoms with Crippen LogP contribution in [-0.2, 0) is 21.2 Å². The molecule has 0 unspecified atom stereocenters. The Kier molecular flexibility index (Phi) is 7.89. The summed E-state index contributed by atoms with van der Waals surface area (Å²) in [5.74, 6) is -0.299. The highest BCUT2D eigenvalue weighted by atomic mass is 35.5. The van der Waals surface area contributed by atoms with Crippen molar-refractivity contribution in [1.29, 1.82) is 0 Å². The van der Waals surface area contributed by atoms with Gasteiger partial charge in [0.2, 0.25) is 15.9 Å². The Morgan fingerprint density at radius 3 is 2.43 bits per heavy atom. The van der Waals surface area contributed by atoms with Gasteiger partial charge in [-0.15, -0.1) is 0 Å². The maximum atomic E-state index is 12.7. The molecule has 0 bridgehead atoms. The molecule has 1 atom stereocenters. The van der Waals surface area contributed by atoms with E-state index in [2.05, 4.69) is 17.4 Å². The van der Waals surface area contributed by atoms with Gasteiger partial charge in [-0.2, -0.15) is 0 Å². The van der Waals surface area contributed by atoms with Gasteiger partial charge in [-0.3, -0.25) is 9.10 Å². The van der Waals surface area contributed by atoms with Crippen molar-refractivity contribution in [3.05, 3.63) is 64.7 Å². The molecule has 0 aromatic heterocycles. The number of carbonyl (C=O) groups excluding carboxylic acids is 1. The van der Waals surface area contributed by atoms with Gasteiger partial charge in [-0.25, -0.2) is 8.42 Å². The zero-order valence-corrected chi connectivity index (χ0v) is 18.1. The van der Waals surface area contributed by atoms with Gasteiger partial charge >= 0.3 is 0 Å². The number of hydrogen-bond acceptors (Lipinski definition) is 3. The number of rotatable bonds is 9. The zero-order chi connectivity index (χ0) is 20.7. The number of benzene rings is 2. The molecule has 152 valence electrons.